The minimum Gasteiger partial charge on any atom is -0.326 e. The van der Waals surface area contributed by atoms with Crippen LogP contribution in [-0.4, -0.2) is 26.1 Å². The van der Waals surface area contributed by atoms with E-state index >= 15 is 0 Å². The summed E-state index contributed by atoms with van der Waals surface area (Å²) >= 11 is 0. The van der Waals surface area contributed by atoms with Gasteiger partial charge >= 0.3 is 0 Å². The van der Waals surface area contributed by atoms with E-state index in [-0.39, 0.29) is 5.91 Å². The van der Waals surface area contributed by atoms with Crippen LogP contribution in [0.25, 0.3) is 22.5 Å². The molecule has 218 valence electrons. The van der Waals surface area contributed by atoms with Crippen molar-refractivity contribution < 1.29 is 4.79 Å². The van der Waals surface area contributed by atoms with Gasteiger partial charge in [-0.3, -0.25) is 4.79 Å². The molecule has 0 fully saturated rings. The number of rotatable bonds is 11. The van der Waals surface area contributed by atoms with Crippen LogP contribution in [0.5, 0.6) is 0 Å². The summed E-state index contributed by atoms with van der Waals surface area (Å²) in [5.41, 5.74) is 5.97. The predicted octanol–water partition coefficient (Wildman–Crippen LogP) is 8.37. The summed E-state index contributed by atoms with van der Waals surface area (Å²) in [5, 5.41) is 16.7. The van der Waals surface area contributed by atoms with Crippen LogP contribution in [0.4, 0.5) is 5.69 Å². The maximum Gasteiger partial charge on any atom is 0.224 e. The Morgan fingerprint density at radius 1 is 0.659 bits per heavy atom. The van der Waals surface area contributed by atoms with Gasteiger partial charge in [-0.05, 0) is 56.8 Å². The van der Waals surface area contributed by atoms with E-state index < -0.39 is 5.54 Å². The van der Waals surface area contributed by atoms with Gasteiger partial charge in [0.15, 0.2) is 5.82 Å². The van der Waals surface area contributed by atoms with Gasteiger partial charge in [0.1, 0.15) is 5.54 Å². The molecule has 6 aromatic rings. The molecule has 6 rings (SSSR count). The van der Waals surface area contributed by atoms with Crippen LogP contribution in [0.2, 0.25) is 0 Å². The highest BCUT2D eigenvalue weighted by atomic mass is 16.1. The lowest BCUT2D eigenvalue weighted by molar-refractivity contribution is -0.116. The van der Waals surface area contributed by atoms with E-state index in [1.54, 1.807) is 0 Å². The molecule has 1 aromatic heterocycles. The molecule has 0 bridgehead atoms. The van der Waals surface area contributed by atoms with Gasteiger partial charge in [0.25, 0.3) is 0 Å². The molecule has 6 heteroatoms. The summed E-state index contributed by atoms with van der Waals surface area (Å²) in [6, 6.07) is 47.3. The Kier molecular flexibility index (Phi) is 8.69. The summed E-state index contributed by atoms with van der Waals surface area (Å²) in [5.74, 6) is 0.690. The first-order valence-electron chi connectivity index (χ1n) is 15.2. The fourth-order valence-corrected chi connectivity index (χ4v) is 5.91. The van der Waals surface area contributed by atoms with Crippen molar-refractivity contribution >= 4 is 11.6 Å². The molecule has 6 nitrogen and oxygen atoms in total. The highest BCUT2D eigenvalue weighted by Gasteiger charge is 2.42. The van der Waals surface area contributed by atoms with E-state index in [9.17, 15) is 4.79 Å². The number of anilines is 1. The van der Waals surface area contributed by atoms with E-state index in [4.69, 9.17) is 5.21 Å². The Hall–Kier alpha value is -5.36. The second-order valence-corrected chi connectivity index (χ2v) is 10.9. The van der Waals surface area contributed by atoms with Crippen molar-refractivity contribution in [1.29, 1.82) is 0 Å². The summed E-state index contributed by atoms with van der Waals surface area (Å²) in [4.78, 5) is 12.4. The van der Waals surface area contributed by atoms with E-state index in [1.807, 2.05) is 59.3 Å². The highest BCUT2D eigenvalue weighted by Crippen LogP contribution is 2.43. The van der Waals surface area contributed by atoms with Gasteiger partial charge in [0.2, 0.25) is 5.91 Å². The van der Waals surface area contributed by atoms with Crippen LogP contribution in [0, 0.1) is 0 Å². The molecule has 1 N–H and O–H groups in total. The first-order valence-corrected chi connectivity index (χ1v) is 15.2. The molecule has 0 unspecified atom stereocenters. The third-order valence-electron chi connectivity index (χ3n) is 8.02. The normalized spacial score (nSPS) is 11.3. The molecule has 5 aromatic carbocycles. The lowest BCUT2D eigenvalue weighted by atomic mass is 9.77. The molecule has 0 spiro atoms. The monoisotopic (exact) mass is 577 g/mol. The van der Waals surface area contributed by atoms with Crippen LogP contribution in [0.15, 0.2) is 140 Å². The van der Waals surface area contributed by atoms with Gasteiger partial charge in [-0.2, -0.15) is 0 Å². The molecule has 0 saturated carbocycles. The Balaban J connectivity index is 1.47. The zero-order chi connectivity index (χ0) is 30.2. The van der Waals surface area contributed by atoms with Crippen LogP contribution < -0.4 is 5.32 Å². The summed E-state index contributed by atoms with van der Waals surface area (Å²) < 4.78 is 1.96. The van der Waals surface area contributed by atoms with Crippen LogP contribution in [0.1, 0.15) is 49.3 Å². The molecule has 0 saturated heterocycles. The minimum atomic E-state index is -0.846. The van der Waals surface area contributed by atoms with Gasteiger partial charge in [-0.15, -0.1) is 5.10 Å². The van der Waals surface area contributed by atoms with Crippen molar-refractivity contribution in [1.82, 2.24) is 20.2 Å². The molecule has 0 aliphatic rings. The zero-order valence-corrected chi connectivity index (χ0v) is 24.8. The van der Waals surface area contributed by atoms with Crippen molar-refractivity contribution in [3.8, 4) is 22.5 Å². The van der Waals surface area contributed by atoms with E-state index in [2.05, 4.69) is 107 Å². The first kappa shape index (κ1) is 28.7. The van der Waals surface area contributed by atoms with Crippen LogP contribution in [0.3, 0.4) is 0 Å². The third kappa shape index (κ3) is 5.66. The van der Waals surface area contributed by atoms with Crippen molar-refractivity contribution in [3.05, 3.63) is 156 Å². The number of carbonyl (C=O) groups is 1. The molecular formula is C38H35N5O. The lowest BCUT2D eigenvalue weighted by Crippen LogP contribution is -2.39. The van der Waals surface area contributed by atoms with Crippen molar-refractivity contribution in [2.75, 3.05) is 5.32 Å². The number of nitrogens with zero attached hydrogens (tertiary/aromatic N) is 4. The van der Waals surface area contributed by atoms with E-state index in [0.717, 1.165) is 58.3 Å². The topological polar surface area (TPSA) is 72.7 Å². The Morgan fingerprint density at radius 2 is 1.18 bits per heavy atom. The Bertz CT molecular complexity index is 1700. The average Bonchev–Trinajstić information content (AvgIpc) is 3.57. The molecule has 0 radical (unpaired) electrons. The second-order valence-electron chi connectivity index (χ2n) is 10.9. The fraction of sp³-hybridized carbons (Fsp3) is 0.158. The Morgan fingerprint density at radius 3 is 1.73 bits per heavy atom. The SMILES string of the molecule is CCCCCC(=O)Nc1ccc(-c2ccccc2-c2nnnn2C(c2ccccc2)(c2ccccc2)c2ccccc2)cc1. The molecule has 0 aliphatic heterocycles. The number of carbonyl (C=O) groups excluding carboxylic acids is 1. The number of benzene rings is 5. The maximum atomic E-state index is 12.4. The molecule has 1 heterocycles. The van der Waals surface area contributed by atoms with E-state index in [1.165, 1.54) is 0 Å². The number of amides is 1. The fourth-order valence-electron chi connectivity index (χ4n) is 5.91. The lowest BCUT2D eigenvalue weighted by Gasteiger charge is -2.36. The predicted molar refractivity (Wildman–Crippen MR) is 176 cm³/mol. The number of nitrogens with one attached hydrogen (secondary N) is 1. The highest BCUT2D eigenvalue weighted by molar-refractivity contribution is 5.91. The van der Waals surface area contributed by atoms with Gasteiger partial charge in [0, 0.05) is 17.7 Å². The molecule has 1 amide bonds. The van der Waals surface area contributed by atoms with E-state index in [0.29, 0.717) is 12.2 Å². The van der Waals surface area contributed by atoms with Crippen LogP contribution in [-0.2, 0) is 10.3 Å². The number of unbranched alkanes of at least 4 members (excludes halogenated alkanes) is 2. The van der Waals surface area contributed by atoms with Gasteiger partial charge in [-0.25, -0.2) is 4.68 Å². The average molecular weight is 578 g/mol. The maximum absolute atomic E-state index is 12.4. The molecule has 0 aliphatic carbocycles. The molecule has 0 atom stereocenters. The first-order chi connectivity index (χ1) is 21.7. The van der Waals surface area contributed by atoms with Crippen molar-refractivity contribution in [2.45, 2.75) is 38.1 Å². The minimum absolute atomic E-state index is 0.0462. The summed E-state index contributed by atoms with van der Waals surface area (Å²) in [6.07, 6.45) is 3.59. The quantitative estimate of drug-likeness (QED) is 0.124. The summed E-state index contributed by atoms with van der Waals surface area (Å²) in [7, 11) is 0. The summed E-state index contributed by atoms with van der Waals surface area (Å²) in [6.45, 7) is 2.14. The van der Waals surface area contributed by atoms with Crippen LogP contribution >= 0.6 is 0 Å². The molecular weight excluding hydrogens is 542 g/mol. The number of hydrogen-bond acceptors (Lipinski definition) is 4. The van der Waals surface area contributed by atoms with Crippen molar-refractivity contribution in [2.24, 2.45) is 0 Å². The standard InChI is InChI=1S/C38H35N5O/c1-2-3-7-24-36(44)39-33-27-25-29(26-28-33)34-22-14-15-23-35(34)37-40-41-42-43(37)38(30-16-8-4-9-17-30,31-18-10-5-11-19-31)32-20-12-6-13-21-32/h4-6,8-23,25-28H,2-3,7,24H2,1H3,(H,39,44). The largest absolute Gasteiger partial charge is 0.326 e. The van der Waals surface area contributed by atoms with Gasteiger partial charge in [0.05, 0.1) is 0 Å². The van der Waals surface area contributed by atoms with Gasteiger partial charge < -0.3 is 5.32 Å². The number of tetrazole rings is 1. The molecule has 44 heavy (non-hydrogen) atoms. The third-order valence-corrected chi connectivity index (χ3v) is 8.02. The number of aromatic nitrogens is 4. The van der Waals surface area contributed by atoms with Gasteiger partial charge in [-0.1, -0.05) is 147 Å². The zero-order valence-electron chi connectivity index (χ0n) is 24.8. The van der Waals surface area contributed by atoms with Crippen molar-refractivity contribution in [3.63, 3.8) is 0 Å². The number of hydrogen-bond donors (Lipinski definition) is 1. The smallest absolute Gasteiger partial charge is 0.224 e. The second kappa shape index (κ2) is 13.3. The Labute approximate surface area is 258 Å².